The number of nitrogens with zero attached hydrogens (tertiary/aromatic N) is 6. The van der Waals surface area contributed by atoms with Crippen molar-refractivity contribution in [1.29, 1.82) is 0 Å². The molecule has 1 saturated carbocycles. The van der Waals surface area contributed by atoms with E-state index in [9.17, 15) is 24.0 Å². The third kappa shape index (κ3) is 10.5. The maximum Gasteiger partial charge on any atom is 0.324 e. The van der Waals surface area contributed by atoms with Gasteiger partial charge in [-0.3, -0.25) is 34.0 Å². The zero-order valence-electron chi connectivity index (χ0n) is 42.3. The number of nitrogens with one attached hydrogen (secondary N) is 2. The number of esters is 1. The smallest absolute Gasteiger partial charge is 0.324 e. The Morgan fingerprint density at radius 3 is 2.59 bits per heavy atom. The van der Waals surface area contributed by atoms with Crippen molar-refractivity contribution in [1.82, 2.24) is 40.1 Å². The number of morpholine rings is 1. The van der Waals surface area contributed by atoms with Crippen LogP contribution in [0.2, 0.25) is 0 Å². The number of hydrogen-bond donors (Lipinski definition) is 2. The van der Waals surface area contributed by atoms with E-state index in [1.807, 2.05) is 24.4 Å². The Bertz CT molecular complexity index is 2670. The Morgan fingerprint density at radius 1 is 1.13 bits per heavy atom. The molecule has 16 nitrogen and oxygen atoms in total. The van der Waals surface area contributed by atoms with Crippen molar-refractivity contribution in [3.63, 3.8) is 0 Å². The molecule has 1 aliphatic carbocycles. The molecular formula is C53H69FN8O8S. The number of ether oxygens (including phenoxy) is 3. The van der Waals surface area contributed by atoms with Crippen LogP contribution in [0.3, 0.4) is 0 Å². The van der Waals surface area contributed by atoms with Gasteiger partial charge in [0, 0.05) is 79.2 Å². The summed E-state index contributed by atoms with van der Waals surface area (Å²) in [5.74, 6) is -3.13. The molecule has 6 heterocycles. The van der Waals surface area contributed by atoms with Gasteiger partial charge in [-0.1, -0.05) is 40.3 Å². The number of fused-ring (bicyclic) bond motifs is 6. The normalized spacial score (nSPS) is 24.8. The van der Waals surface area contributed by atoms with Gasteiger partial charge in [-0.05, 0) is 101 Å². The Kier molecular flexibility index (Phi) is 15.2. The molecule has 18 heteroatoms. The van der Waals surface area contributed by atoms with Crippen LogP contribution in [0.5, 0.6) is 0 Å². The number of carbonyl (C=O) groups excluding carboxylic acids is 5. The number of methoxy groups -OCH3 is 1. The van der Waals surface area contributed by atoms with E-state index in [0.29, 0.717) is 49.7 Å². The maximum atomic E-state index is 16.9. The number of cyclic esters (lactones) is 1. The van der Waals surface area contributed by atoms with Crippen molar-refractivity contribution >= 4 is 51.8 Å². The van der Waals surface area contributed by atoms with Gasteiger partial charge >= 0.3 is 5.97 Å². The highest BCUT2D eigenvalue weighted by Gasteiger charge is 2.52. The van der Waals surface area contributed by atoms with Gasteiger partial charge in [0.15, 0.2) is 5.67 Å². The molecule has 1 spiro atoms. The van der Waals surface area contributed by atoms with E-state index < -0.39 is 64.4 Å². The Labute approximate surface area is 419 Å². The first-order valence-corrected chi connectivity index (χ1v) is 25.8. The summed E-state index contributed by atoms with van der Waals surface area (Å²) in [6.07, 6.45) is 4.38. The first-order valence-electron chi connectivity index (χ1n) is 25.0. The average molecular weight is 997 g/mol. The molecule has 4 aliphatic rings. The lowest BCUT2D eigenvalue weighted by atomic mass is 9.75. The third-order valence-corrected chi connectivity index (χ3v) is 15.7. The second kappa shape index (κ2) is 20.9. The number of pyridine rings is 1. The Hall–Kier alpha value is -5.56. The number of aromatic nitrogens is 3. The number of amides is 4. The number of halogens is 1. The number of thiazole rings is 1. The van der Waals surface area contributed by atoms with E-state index in [-0.39, 0.29) is 63.8 Å². The molecule has 0 radical (unpaired) electrons. The van der Waals surface area contributed by atoms with Crippen LogP contribution in [-0.4, -0.2) is 135 Å². The highest BCUT2D eigenvalue weighted by molar-refractivity contribution is 7.10. The second-order valence-electron chi connectivity index (χ2n) is 20.8. The van der Waals surface area contributed by atoms with Gasteiger partial charge in [-0.15, -0.1) is 11.3 Å². The van der Waals surface area contributed by atoms with Crippen molar-refractivity contribution < 1.29 is 42.6 Å². The van der Waals surface area contributed by atoms with Crippen LogP contribution in [0, 0.1) is 11.3 Å². The van der Waals surface area contributed by atoms with E-state index in [4.69, 9.17) is 24.2 Å². The monoisotopic (exact) mass is 996 g/mol. The highest BCUT2D eigenvalue weighted by atomic mass is 32.1. The summed E-state index contributed by atoms with van der Waals surface area (Å²) in [6.45, 7) is 17.4. The van der Waals surface area contributed by atoms with Gasteiger partial charge in [-0.2, -0.15) is 0 Å². The van der Waals surface area contributed by atoms with Gasteiger partial charge in [0.2, 0.25) is 11.8 Å². The molecule has 1 aromatic carbocycles. The topological polar surface area (TPSA) is 178 Å². The van der Waals surface area contributed by atoms with Crippen LogP contribution in [0.4, 0.5) is 4.39 Å². The van der Waals surface area contributed by atoms with Crippen LogP contribution in [0.15, 0.2) is 54.6 Å². The van der Waals surface area contributed by atoms with Crippen LogP contribution >= 0.6 is 11.3 Å². The number of alkyl halides is 1. The molecule has 8 rings (SSSR count). The minimum atomic E-state index is -2.28. The van der Waals surface area contributed by atoms with Crippen LogP contribution in [0.1, 0.15) is 102 Å². The van der Waals surface area contributed by atoms with Crippen LogP contribution < -0.4 is 10.7 Å². The van der Waals surface area contributed by atoms with E-state index >= 15 is 4.39 Å². The van der Waals surface area contributed by atoms with E-state index in [0.717, 1.165) is 39.0 Å². The van der Waals surface area contributed by atoms with Gasteiger partial charge in [0.1, 0.15) is 18.1 Å². The standard InChI is InChI=1S/C53H69FN8O8S/c1-10-43(63)60-24-25-70-52(30-60)18-20-53(54,21-19-52)50(67)59(8)45(32(3)4)47(64)57-39-27-42-56-40(29-71-42)34-16-17-41-36(26-34)37(46(61(41)11-2)35-14-12-22-55-44(35)33(5)68-9)28-51(6,7)31-69-49(66)38-15-13-23-62(58-38)48(39)65/h10,12,14,16-17,22,26,29,32-33,38-39,45,58H,1,11,13,15,18-21,23-25,27-28,30-31H2,2-9H3,(H,57,64)/t33-,38-,39-,45-,52?,53?/m0/s1. The first-order chi connectivity index (χ1) is 33.8. The van der Waals surface area contributed by atoms with Crippen molar-refractivity contribution in [2.45, 2.75) is 135 Å². The fourth-order valence-electron chi connectivity index (χ4n) is 11.0. The molecule has 3 fully saturated rings. The minimum Gasteiger partial charge on any atom is -0.464 e. The van der Waals surface area contributed by atoms with Crippen molar-refractivity contribution in [2.24, 2.45) is 11.3 Å². The zero-order chi connectivity index (χ0) is 51.0. The number of hydrazine groups is 1. The lowest BCUT2D eigenvalue weighted by Crippen LogP contribution is -2.63. The summed E-state index contributed by atoms with van der Waals surface area (Å²) in [5.41, 5.74) is 5.99. The third-order valence-electron chi connectivity index (χ3n) is 14.9. The molecule has 2 N–H and O–H groups in total. The second-order valence-corrected chi connectivity index (χ2v) is 21.8. The summed E-state index contributed by atoms with van der Waals surface area (Å²) in [4.78, 5) is 82.6. The number of rotatable bonds is 10. The lowest BCUT2D eigenvalue weighted by molar-refractivity contribution is -0.170. The average Bonchev–Trinajstić information content (AvgIpc) is 3.96. The molecule has 382 valence electrons. The number of hydrogen-bond acceptors (Lipinski definition) is 12. The molecule has 3 aromatic heterocycles. The summed E-state index contributed by atoms with van der Waals surface area (Å²) >= 11 is 1.37. The molecule has 3 aliphatic heterocycles. The van der Waals surface area contributed by atoms with E-state index in [2.05, 4.69) is 60.9 Å². The lowest BCUT2D eigenvalue weighted by Gasteiger charge is -2.48. The van der Waals surface area contributed by atoms with Crippen LogP contribution in [-0.2, 0) is 57.6 Å². The molecule has 4 amide bonds. The molecule has 4 atom stereocenters. The quantitative estimate of drug-likeness (QED) is 0.127. The SMILES string of the molecule is C=CC(=O)N1CCOC2(CCC(F)(C(=O)N(C)[C@H](C(=O)N[C@H]3Cc4nc(cs4)-c4ccc5c(c4)c(c(-c4cccnc4[C@H](C)OC)n5CC)CC(C)(C)COC(=O)[C@@H]4CCCN(N4)C3=O)C(C)C)CC2)C1. The number of carbonyl (C=O) groups is 5. The van der Waals surface area contributed by atoms with Gasteiger partial charge in [-0.25, -0.2) is 14.8 Å². The van der Waals surface area contributed by atoms with E-state index in [1.165, 1.54) is 34.4 Å². The predicted molar refractivity (Wildman–Crippen MR) is 268 cm³/mol. The Morgan fingerprint density at radius 2 is 1.89 bits per heavy atom. The summed E-state index contributed by atoms with van der Waals surface area (Å²) < 4.78 is 37.3. The molecule has 4 aromatic rings. The number of likely N-dealkylation sites (N-methyl/N-ethyl adjacent to an activating group) is 1. The number of aryl methyl sites for hydroxylation is 1. The maximum absolute atomic E-state index is 16.9. The van der Waals surface area contributed by atoms with E-state index in [1.54, 1.807) is 32.1 Å². The van der Waals surface area contributed by atoms with Gasteiger partial charge < -0.3 is 33.9 Å². The predicted octanol–water partition coefficient (Wildman–Crippen LogP) is 6.75. The molecule has 0 unspecified atom stereocenters. The minimum absolute atomic E-state index is 0.00499. The summed E-state index contributed by atoms with van der Waals surface area (Å²) in [7, 11) is 3.10. The van der Waals surface area contributed by atoms with Gasteiger partial charge in [0.05, 0.1) is 53.6 Å². The van der Waals surface area contributed by atoms with Crippen molar-refractivity contribution in [3.8, 4) is 22.5 Å². The molecule has 6 bridgehead atoms. The number of benzene rings is 1. The fourth-order valence-corrected chi connectivity index (χ4v) is 11.8. The molecule has 71 heavy (non-hydrogen) atoms. The first kappa shape index (κ1) is 51.8. The summed E-state index contributed by atoms with van der Waals surface area (Å²) in [6, 6.07) is 7.16. The van der Waals surface area contributed by atoms with Crippen LogP contribution in [0.25, 0.3) is 33.4 Å². The summed E-state index contributed by atoms with van der Waals surface area (Å²) in [5, 5.41) is 7.89. The largest absolute Gasteiger partial charge is 0.464 e. The van der Waals surface area contributed by atoms with Gasteiger partial charge in [0.25, 0.3) is 11.8 Å². The fraction of sp³-hybridized carbons (Fsp3) is 0.566. The van der Waals surface area contributed by atoms with Crippen molar-refractivity contribution in [2.75, 3.05) is 47.0 Å². The molecular weight excluding hydrogens is 928 g/mol. The highest BCUT2D eigenvalue weighted by Crippen LogP contribution is 2.44. The Balaban J connectivity index is 1.11. The van der Waals surface area contributed by atoms with Crippen molar-refractivity contribution in [3.05, 3.63) is 70.8 Å². The zero-order valence-corrected chi connectivity index (χ0v) is 43.2. The molecule has 2 saturated heterocycles.